The van der Waals surface area contributed by atoms with E-state index in [4.69, 9.17) is 15.1 Å². The zero-order valence-corrected chi connectivity index (χ0v) is 36.8. The Morgan fingerprint density at radius 3 is 1.57 bits per heavy atom. The van der Waals surface area contributed by atoms with Gasteiger partial charge >= 0.3 is 6.03 Å². The van der Waals surface area contributed by atoms with Crippen LogP contribution in [0.3, 0.4) is 0 Å². The summed E-state index contributed by atoms with van der Waals surface area (Å²) in [6.45, 7) is 10.3. The number of amides is 2. The molecule has 2 amide bonds. The van der Waals surface area contributed by atoms with Crippen molar-refractivity contribution in [3.05, 3.63) is 56.6 Å². The number of nitriles is 1. The molecule has 58 heavy (non-hydrogen) atoms. The molecule has 4 aliphatic carbocycles. The molecule has 2 aromatic rings. The van der Waals surface area contributed by atoms with Crippen molar-refractivity contribution in [1.82, 2.24) is 14.5 Å². The van der Waals surface area contributed by atoms with Gasteiger partial charge in [0, 0.05) is 29.9 Å². The van der Waals surface area contributed by atoms with Gasteiger partial charge in [-0.1, -0.05) is 25.0 Å². The van der Waals surface area contributed by atoms with Crippen molar-refractivity contribution in [2.24, 2.45) is 5.14 Å². The van der Waals surface area contributed by atoms with Crippen LogP contribution in [-0.4, -0.2) is 81.4 Å². The Balaban J connectivity index is 0.000000164. The number of sulfonamides is 2. The van der Waals surface area contributed by atoms with E-state index in [2.05, 4.69) is 59.7 Å². The Bertz CT molecular complexity index is 2000. The maximum atomic E-state index is 12.7. The number of likely N-dealkylation sites (tertiary alicyclic amines) is 2. The number of carbonyl (C=O) groups is 1. The molecule has 14 heteroatoms. The molecule has 320 valence electrons. The standard InChI is InChI=1S/C22H33N3O3S.C13H13NO.C9H20N2O2S/c1-15(2)25-12-4-3-9-18(25)14-29(27,28)24-22(26)23-21-19-10-5-7-16(19)13-17-8-6-11-20(17)21;14-8-15-13-11-5-1-3-9(11)7-10-4-2-6-12(10)13;1-8(2)11-6-4-3-5-9(11)7-14(10,12)13/h13,15,18H,3-12,14H2,1-2H3,(H2,23,24,26);7H,1-6H2;8-9H,3-7H2,1-2H3,(H2,10,12,13). The number of piperidine rings is 2. The molecule has 0 saturated carbocycles. The Morgan fingerprint density at radius 2 is 1.14 bits per heavy atom. The molecule has 2 aromatic carbocycles. The normalized spacial score (nSPS) is 21.5. The number of anilines is 1. The number of carbonyl (C=O) groups excluding carboxylic acids is 1. The first-order chi connectivity index (χ1) is 27.6. The van der Waals surface area contributed by atoms with Gasteiger partial charge in [0.1, 0.15) is 5.75 Å². The van der Waals surface area contributed by atoms with Gasteiger partial charge < -0.3 is 10.1 Å². The van der Waals surface area contributed by atoms with Crippen molar-refractivity contribution in [3.8, 4) is 12.0 Å². The van der Waals surface area contributed by atoms with Crippen molar-refractivity contribution in [2.45, 2.75) is 167 Å². The summed E-state index contributed by atoms with van der Waals surface area (Å²) in [6, 6.07) is 4.83. The molecule has 4 N–H and O–H groups in total. The van der Waals surface area contributed by atoms with E-state index in [9.17, 15) is 21.6 Å². The summed E-state index contributed by atoms with van der Waals surface area (Å²) in [5, 5.41) is 16.7. The Morgan fingerprint density at radius 1 is 0.707 bits per heavy atom. The smallest absolute Gasteiger partial charge is 0.332 e. The molecule has 2 unspecified atom stereocenters. The van der Waals surface area contributed by atoms with Crippen molar-refractivity contribution < 1.29 is 26.4 Å². The average Bonchev–Trinajstić information content (AvgIpc) is 3.99. The van der Waals surface area contributed by atoms with Crippen molar-refractivity contribution >= 4 is 31.8 Å². The lowest BCUT2D eigenvalue weighted by atomic mass is 9.99. The zero-order chi connectivity index (χ0) is 41.6. The fourth-order valence-electron chi connectivity index (χ4n) is 10.5. The number of hydrogen-bond donors (Lipinski definition) is 3. The van der Waals surface area contributed by atoms with E-state index in [1.165, 1.54) is 63.8 Å². The van der Waals surface area contributed by atoms with E-state index in [0.29, 0.717) is 12.1 Å². The first kappa shape index (κ1) is 44.3. The number of fused-ring (bicyclic) bond motifs is 4. The molecular formula is C44H66N6O6S2. The van der Waals surface area contributed by atoms with Crippen molar-refractivity contribution in [2.75, 3.05) is 29.9 Å². The molecule has 6 aliphatic rings. The van der Waals surface area contributed by atoms with E-state index >= 15 is 0 Å². The summed E-state index contributed by atoms with van der Waals surface area (Å²) >= 11 is 0. The van der Waals surface area contributed by atoms with Gasteiger partial charge in [-0.25, -0.2) is 31.5 Å². The monoisotopic (exact) mass is 838 g/mol. The molecule has 0 radical (unpaired) electrons. The molecular weight excluding hydrogens is 773 g/mol. The predicted molar refractivity (Wildman–Crippen MR) is 230 cm³/mol. The molecule has 2 atom stereocenters. The molecule has 0 aromatic heterocycles. The summed E-state index contributed by atoms with van der Waals surface area (Å²) in [7, 11) is -7.03. The van der Waals surface area contributed by atoms with E-state index < -0.39 is 26.1 Å². The van der Waals surface area contributed by atoms with Crippen LogP contribution in [0.25, 0.3) is 0 Å². The first-order valence-corrected chi connectivity index (χ1v) is 25.2. The Hall–Kier alpha value is -3.22. The summed E-state index contributed by atoms with van der Waals surface area (Å²) in [6.07, 6.45) is 21.2. The highest BCUT2D eigenvalue weighted by molar-refractivity contribution is 7.90. The lowest BCUT2D eigenvalue weighted by molar-refractivity contribution is 0.125. The van der Waals surface area contributed by atoms with E-state index in [0.717, 1.165) is 121 Å². The number of nitrogens with two attached hydrogens (primary N) is 1. The quantitative estimate of drug-likeness (QED) is 0.240. The van der Waals surface area contributed by atoms with Crippen LogP contribution in [0.15, 0.2) is 12.1 Å². The minimum atomic E-state index is -3.70. The van der Waals surface area contributed by atoms with Gasteiger partial charge in [-0.2, -0.15) is 0 Å². The summed E-state index contributed by atoms with van der Waals surface area (Å²) < 4.78 is 55.0. The number of rotatable bonds is 9. The second-order valence-electron chi connectivity index (χ2n) is 17.7. The second kappa shape index (κ2) is 19.4. The van der Waals surface area contributed by atoms with E-state index in [1.807, 2.05) is 6.26 Å². The minimum absolute atomic E-state index is 0.0242. The largest absolute Gasteiger partial charge is 0.387 e. The van der Waals surface area contributed by atoms with Gasteiger partial charge in [0.15, 0.2) is 0 Å². The van der Waals surface area contributed by atoms with Crippen molar-refractivity contribution in [3.63, 3.8) is 0 Å². The summed E-state index contributed by atoms with van der Waals surface area (Å²) in [5.41, 5.74) is 11.4. The number of aryl methyl sites for hydroxylation is 4. The highest BCUT2D eigenvalue weighted by Gasteiger charge is 2.32. The van der Waals surface area contributed by atoms with Gasteiger partial charge in [-0.15, -0.1) is 5.26 Å². The lowest BCUT2D eigenvalue weighted by Crippen LogP contribution is -2.49. The highest BCUT2D eigenvalue weighted by Crippen LogP contribution is 2.41. The maximum absolute atomic E-state index is 12.7. The van der Waals surface area contributed by atoms with Crippen LogP contribution in [-0.2, 0) is 71.4 Å². The number of benzene rings is 2. The van der Waals surface area contributed by atoms with Gasteiger partial charge in [-0.05, 0) is 188 Å². The SMILES string of the molecule is CC(C)N1CCCCC1CS(=O)(=O)NC(=O)Nc1c2c(cc3c1CCC3)CCC2.CC(C)N1CCCCC1CS(N)(=O)=O.N#COc1c2c(cc3c1CCC3)CCC2. The number of ether oxygens (including phenoxy) is 1. The molecule has 0 spiro atoms. The fourth-order valence-corrected chi connectivity index (χ4v) is 12.7. The summed E-state index contributed by atoms with van der Waals surface area (Å²) in [4.78, 5) is 17.2. The van der Waals surface area contributed by atoms with Gasteiger partial charge in [-0.3, -0.25) is 9.80 Å². The third-order valence-electron chi connectivity index (χ3n) is 13.0. The molecule has 8 rings (SSSR count). The number of urea groups is 1. The van der Waals surface area contributed by atoms with E-state index in [-0.39, 0.29) is 23.6 Å². The van der Waals surface area contributed by atoms with Crippen LogP contribution in [0.1, 0.15) is 136 Å². The number of primary sulfonamides is 1. The minimum Gasteiger partial charge on any atom is -0.387 e. The average molecular weight is 839 g/mol. The maximum Gasteiger partial charge on any atom is 0.332 e. The second-order valence-corrected chi connectivity index (χ2v) is 21.2. The third kappa shape index (κ3) is 11.1. The molecule has 2 aliphatic heterocycles. The molecule has 2 heterocycles. The zero-order valence-electron chi connectivity index (χ0n) is 35.2. The van der Waals surface area contributed by atoms with Crippen LogP contribution >= 0.6 is 0 Å². The molecule has 2 fully saturated rings. The number of nitrogens with one attached hydrogen (secondary N) is 2. The van der Waals surface area contributed by atoms with E-state index in [1.54, 1.807) is 0 Å². The van der Waals surface area contributed by atoms with Gasteiger partial charge in [0.2, 0.25) is 20.0 Å². The van der Waals surface area contributed by atoms with Gasteiger partial charge in [0.25, 0.3) is 6.26 Å². The lowest BCUT2D eigenvalue weighted by Gasteiger charge is -2.38. The van der Waals surface area contributed by atoms with Crippen LogP contribution < -0.4 is 19.9 Å². The molecule has 12 nitrogen and oxygen atoms in total. The molecule has 2 saturated heterocycles. The van der Waals surface area contributed by atoms with Crippen LogP contribution in [0.4, 0.5) is 10.5 Å². The predicted octanol–water partition coefficient (Wildman–Crippen LogP) is 6.44. The Kier molecular flexibility index (Phi) is 14.9. The first-order valence-electron chi connectivity index (χ1n) is 21.9. The van der Waals surface area contributed by atoms with Crippen LogP contribution in [0, 0.1) is 11.5 Å². The number of nitrogens with zero attached hydrogens (tertiary/aromatic N) is 3. The topological polar surface area (TPSA) is 175 Å². The van der Waals surface area contributed by atoms with Crippen molar-refractivity contribution in [1.29, 1.82) is 5.26 Å². The highest BCUT2D eigenvalue weighted by atomic mass is 32.2. The summed E-state index contributed by atoms with van der Waals surface area (Å²) in [5.74, 6) is 0.981. The number of hydrogen-bond acceptors (Lipinski definition) is 9. The fraction of sp³-hybridized carbons (Fsp3) is 0.682. The van der Waals surface area contributed by atoms with Crippen LogP contribution in [0.2, 0.25) is 0 Å². The Labute approximate surface area is 347 Å². The third-order valence-corrected chi connectivity index (χ3v) is 15.2. The molecule has 0 bridgehead atoms. The van der Waals surface area contributed by atoms with Crippen LogP contribution in [0.5, 0.6) is 5.75 Å². The van der Waals surface area contributed by atoms with Gasteiger partial charge in [0.05, 0.1) is 11.5 Å².